The van der Waals surface area contributed by atoms with E-state index in [0.29, 0.717) is 13.1 Å². The molecule has 0 saturated heterocycles. The number of fused-ring (bicyclic) bond motifs is 2. The molecule has 2 aromatic carbocycles. The molecule has 0 fully saturated rings. The fraction of sp³-hybridized carbons (Fsp3) is 0.405. The van der Waals surface area contributed by atoms with Crippen molar-refractivity contribution in [2.75, 3.05) is 25.1 Å². The van der Waals surface area contributed by atoms with Crippen molar-refractivity contribution in [3.8, 4) is 0 Å². The Hall–Kier alpha value is -3.37. The average molecular weight is 584 g/mol. The molecule has 5 rings (SSSR count). The van der Waals surface area contributed by atoms with Crippen molar-refractivity contribution in [2.45, 2.75) is 77.0 Å². The Labute approximate surface area is 256 Å². The number of anilines is 1. The smallest absolute Gasteiger partial charge is 0.293 e. The molecule has 0 atom stereocenters. The first kappa shape index (κ1) is 30.1. The quantitative estimate of drug-likeness (QED) is 0.159. The second-order valence-corrected chi connectivity index (χ2v) is 13.1. The lowest BCUT2D eigenvalue weighted by molar-refractivity contribution is -0.401. The van der Waals surface area contributed by atoms with Crippen LogP contribution in [0.25, 0.3) is 0 Å². The maximum atomic E-state index is 10.5. The largest absolute Gasteiger partial charge is 0.468 e. The molecule has 2 aromatic rings. The van der Waals surface area contributed by atoms with E-state index >= 15 is 0 Å². The maximum absolute atomic E-state index is 10.5. The van der Waals surface area contributed by atoms with Crippen LogP contribution in [-0.4, -0.2) is 37.0 Å². The summed E-state index contributed by atoms with van der Waals surface area (Å²) in [5.74, 6) is 0. The van der Waals surface area contributed by atoms with E-state index in [1.54, 1.807) is 0 Å². The zero-order chi connectivity index (χ0) is 29.9. The van der Waals surface area contributed by atoms with Gasteiger partial charge in [0.1, 0.15) is 7.05 Å². The molecule has 0 N–H and O–H groups in total. The van der Waals surface area contributed by atoms with Gasteiger partial charge >= 0.3 is 0 Å². The van der Waals surface area contributed by atoms with Crippen molar-refractivity contribution in [3.05, 3.63) is 106 Å². The minimum Gasteiger partial charge on any atom is -0.468 e. The van der Waals surface area contributed by atoms with Gasteiger partial charge in [0.25, 0.3) is 6.47 Å². The first-order valence-corrected chi connectivity index (χ1v) is 15.7. The van der Waals surface area contributed by atoms with E-state index in [0.717, 1.165) is 50.1 Å². The molecule has 42 heavy (non-hydrogen) atoms. The van der Waals surface area contributed by atoms with Gasteiger partial charge in [0, 0.05) is 46.1 Å². The van der Waals surface area contributed by atoms with Crippen LogP contribution in [-0.2, 0) is 20.4 Å². The van der Waals surface area contributed by atoms with Gasteiger partial charge in [0.2, 0.25) is 5.69 Å². The molecule has 220 valence electrons. The Kier molecular flexibility index (Phi) is 8.94. The molecule has 0 spiro atoms. The lowest BCUT2D eigenvalue weighted by atomic mass is 9.81. The Morgan fingerprint density at radius 1 is 0.905 bits per heavy atom. The minimum atomic E-state index is -0.105. The van der Waals surface area contributed by atoms with E-state index in [4.69, 9.17) is 16.3 Å². The molecule has 2 heterocycles. The van der Waals surface area contributed by atoms with Gasteiger partial charge in [0.15, 0.2) is 5.71 Å². The van der Waals surface area contributed by atoms with E-state index in [1.807, 2.05) is 0 Å². The fourth-order valence-corrected chi connectivity index (χ4v) is 7.25. The van der Waals surface area contributed by atoms with E-state index in [9.17, 15) is 4.79 Å². The second kappa shape index (κ2) is 12.5. The Balaban J connectivity index is 1.40. The van der Waals surface area contributed by atoms with Gasteiger partial charge in [-0.1, -0.05) is 74.0 Å². The minimum absolute atomic E-state index is 0.0549. The Morgan fingerprint density at radius 3 is 2.40 bits per heavy atom. The predicted molar refractivity (Wildman–Crippen MR) is 175 cm³/mol. The van der Waals surface area contributed by atoms with Crippen LogP contribution in [0.2, 0.25) is 0 Å². The standard InChI is InChI=1S/C37H44ClN2O2/c1-36(2)29-16-7-9-18-31(29)39(5)33(36)22-20-27-14-13-15-28(35(27)38)21-23-34-37(3,4)30-17-8-10-19-32(30)40(34)24-11-6-12-25-42-26-41/h7-10,16-23,26H,6,11-15,24-25H2,1-5H3/q+1. The average Bonchev–Trinajstić information content (AvgIpc) is 3.31. The fourth-order valence-electron chi connectivity index (χ4n) is 6.93. The van der Waals surface area contributed by atoms with Gasteiger partial charge in [-0.25, -0.2) is 0 Å². The summed E-state index contributed by atoms with van der Waals surface area (Å²) in [6, 6.07) is 17.4. The number of carbonyl (C=O) groups is 1. The highest BCUT2D eigenvalue weighted by Gasteiger charge is 2.42. The number of benzene rings is 2. The summed E-state index contributed by atoms with van der Waals surface area (Å²) >= 11 is 7.11. The van der Waals surface area contributed by atoms with Gasteiger partial charge in [-0.2, -0.15) is 4.58 Å². The molecular weight excluding hydrogens is 540 g/mol. The SMILES string of the molecule is C[N+]1=C(/C=C/C2=C(Cl)C(=C/C=C3/N(CCCCCOC=O)c4ccccc4C3(C)C)/CCC2)C(C)(C)c2ccccc21. The van der Waals surface area contributed by atoms with Crippen LogP contribution in [0.4, 0.5) is 11.4 Å². The first-order chi connectivity index (χ1) is 20.2. The van der Waals surface area contributed by atoms with E-state index in [-0.39, 0.29) is 10.8 Å². The number of rotatable bonds is 10. The number of ether oxygens (including phenoxy) is 1. The van der Waals surface area contributed by atoms with E-state index < -0.39 is 0 Å². The zero-order valence-electron chi connectivity index (χ0n) is 25.8. The van der Waals surface area contributed by atoms with Crippen LogP contribution in [0.5, 0.6) is 0 Å². The molecule has 0 bridgehead atoms. The number of hydrogen-bond donors (Lipinski definition) is 0. The number of halogens is 1. The van der Waals surface area contributed by atoms with Crippen LogP contribution >= 0.6 is 11.6 Å². The van der Waals surface area contributed by atoms with Crippen molar-refractivity contribution >= 4 is 35.2 Å². The highest BCUT2D eigenvalue weighted by Crippen LogP contribution is 2.48. The molecule has 0 unspecified atom stereocenters. The first-order valence-electron chi connectivity index (χ1n) is 15.3. The van der Waals surface area contributed by atoms with E-state index in [1.165, 1.54) is 45.1 Å². The molecule has 0 aromatic heterocycles. The highest BCUT2D eigenvalue weighted by atomic mass is 35.5. The normalized spacial score (nSPS) is 21.0. The van der Waals surface area contributed by atoms with Crippen LogP contribution in [0, 0.1) is 0 Å². The van der Waals surface area contributed by atoms with Crippen molar-refractivity contribution < 1.29 is 14.1 Å². The topological polar surface area (TPSA) is 32.5 Å². The summed E-state index contributed by atoms with van der Waals surface area (Å²) in [7, 11) is 2.16. The Bertz CT molecular complexity index is 1510. The zero-order valence-corrected chi connectivity index (χ0v) is 26.5. The van der Waals surface area contributed by atoms with Gasteiger partial charge in [-0.15, -0.1) is 0 Å². The molecule has 2 aliphatic heterocycles. The summed E-state index contributed by atoms with van der Waals surface area (Å²) in [5.41, 5.74) is 10.1. The van der Waals surface area contributed by atoms with Crippen LogP contribution in [0.1, 0.15) is 77.3 Å². The molecule has 3 aliphatic rings. The third kappa shape index (κ3) is 5.66. The lowest BCUT2D eigenvalue weighted by Gasteiger charge is -2.27. The number of unbranched alkanes of at least 4 members (excludes halogenated alkanes) is 2. The molecular formula is C37H44ClN2O2+. The van der Waals surface area contributed by atoms with Crippen LogP contribution < -0.4 is 4.90 Å². The maximum Gasteiger partial charge on any atom is 0.293 e. The number of hydrogen-bond acceptors (Lipinski definition) is 3. The van der Waals surface area contributed by atoms with Gasteiger partial charge in [-0.3, -0.25) is 4.79 Å². The third-order valence-corrected chi connectivity index (χ3v) is 9.78. The predicted octanol–water partition coefficient (Wildman–Crippen LogP) is 8.88. The third-order valence-electron chi connectivity index (χ3n) is 9.29. The molecule has 5 heteroatoms. The Morgan fingerprint density at radius 2 is 1.64 bits per heavy atom. The lowest BCUT2D eigenvalue weighted by Crippen LogP contribution is -2.27. The molecule has 0 amide bonds. The molecule has 0 radical (unpaired) electrons. The number of allylic oxidation sites excluding steroid dienone is 8. The molecule has 4 nitrogen and oxygen atoms in total. The van der Waals surface area contributed by atoms with Crippen LogP contribution in [0.3, 0.4) is 0 Å². The van der Waals surface area contributed by atoms with Crippen molar-refractivity contribution in [1.82, 2.24) is 0 Å². The van der Waals surface area contributed by atoms with Crippen molar-refractivity contribution in [2.24, 2.45) is 0 Å². The van der Waals surface area contributed by atoms with Crippen LogP contribution in [0.15, 0.2) is 94.7 Å². The van der Waals surface area contributed by atoms with Gasteiger partial charge in [0.05, 0.1) is 12.0 Å². The number of carbonyl (C=O) groups excluding carboxylic acids is 1. The highest BCUT2D eigenvalue weighted by molar-refractivity contribution is 6.32. The van der Waals surface area contributed by atoms with Crippen molar-refractivity contribution in [3.63, 3.8) is 0 Å². The monoisotopic (exact) mass is 583 g/mol. The second-order valence-electron chi connectivity index (χ2n) is 12.7. The summed E-state index contributed by atoms with van der Waals surface area (Å²) in [5, 5.41) is 0.890. The summed E-state index contributed by atoms with van der Waals surface area (Å²) in [6.45, 7) is 11.2. The summed E-state index contributed by atoms with van der Waals surface area (Å²) in [4.78, 5) is 12.9. The van der Waals surface area contributed by atoms with E-state index in [2.05, 4.69) is 117 Å². The summed E-state index contributed by atoms with van der Waals surface area (Å²) in [6.07, 6.45) is 15.1. The van der Waals surface area contributed by atoms with Crippen molar-refractivity contribution in [1.29, 1.82) is 0 Å². The van der Waals surface area contributed by atoms with Gasteiger partial charge in [-0.05, 0) is 81.2 Å². The molecule has 0 saturated carbocycles. The molecule has 1 aliphatic carbocycles. The summed E-state index contributed by atoms with van der Waals surface area (Å²) < 4.78 is 7.19. The number of nitrogens with zero attached hydrogens (tertiary/aromatic N) is 2. The van der Waals surface area contributed by atoms with Gasteiger partial charge < -0.3 is 9.64 Å². The number of para-hydroxylation sites is 2.